The molecular formula is C24H45N3O. The highest BCUT2D eigenvalue weighted by molar-refractivity contribution is 5.79. The molecule has 0 bridgehead atoms. The molecule has 0 aromatic rings. The molecule has 4 nitrogen and oxygen atoms in total. The Kier molecular flexibility index (Phi) is 8.22. The number of nitrogens with zero attached hydrogens (tertiary/aromatic N) is 3. The summed E-state index contributed by atoms with van der Waals surface area (Å²) in [6, 6.07) is 0.702. The van der Waals surface area contributed by atoms with Crippen LogP contribution >= 0.6 is 0 Å². The molecule has 162 valence electrons. The van der Waals surface area contributed by atoms with E-state index >= 15 is 0 Å². The van der Waals surface area contributed by atoms with Crippen LogP contribution in [0.1, 0.15) is 72.6 Å². The van der Waals surface area contributed by atoms with E-state index in [1.54, 1.807) is 0 Å². The third-order valence-corrected chi connectivity index (χ3v) is 7.96. The van der Waals surface area contributed by atoms with Gasteiger partial charge in [0.2, 0.25) is 5.91 Å². The van der Waals surface area contributed by atoms with Crippen molar-refractivity contribution in [3.63, 3.8) is 0 Å². The van der Waals surface area contributed by atoms with E-state index in [0.717, 1.165) is 56.8 Å². The largest absolute Gasteiger partial charge is 0.342 e. The van der Waals surface area contributed by atoms with E-state index in [0.29, 0.717) is 17.9 Å². The zero-order chi connectivity index (χ0) is 20.1. The van der Waals surface area contributed by atoms with Crippen LogP contribution in [0.5, 0.6) is 0 Å². The van der Waals surface area contributed by atoms with Gasteiger partial charge < -0.3 is 14.7 Å². The Labute approximate surface area is 174 Å². The summed E-state index contributed by atoms with van der Waals surface area (Å²) in [5.74, 6) is 3.25. The van der Waals surface area contributed by atoms with Gasteiger partial charge in [0.1, 0.15) is 0 Å². The third-order valence-electron chi connectivity index (χ3n) is 7.96. The van der Waals surface area contributed by atoms with E-state index in [1.165, 1.54) is 51.7 Å². The number of piperidine rings is 3. The maximum atomic E-state index is 12.9. The van der Waals surface area contributed by atoms with Crippen molar-refractivity contribution >= 4 is 5.91 Å². The summed E-state index contributed by atoms with van der Waals surface area (Å²) >= 11 is 0. The molecule has 0 unspecified atom stereocenters. The van der Waals surface area contributed by atoms with E-state index in [9.17, 15) is 4.79 Å². The van der Waals surface area contributed by atoms with Crippen molar-refractivity contribution in [2.45, 2.75) is 78.7 Å². The molecule has 0 atom stereocenters. The Hall–Kier alpha value is -0.610. The number of carbonyl (C=O) groups excluding carboxylic acids is 1. The van der Waals surface area contributed by atoms with Gasteiger partial charge in [-0.3, -0.25) is 4.79 Å². The summed E-state index contributed by atoms with van der Waals surface area (Å²) < 4.78 is 0. The summed E-state index contributed by atoms with van der Waals surface area (Å²) in [5, 5.41) is 0. The lowest BCUT2D eigenvalue weighted by Crippen LogP contribution is -2.46. The van der Waals surface area contributed by atoms with Crippen molar-refractivity contribution < 1.29 is 4.79 Å². The first-order chi connectivity index (χ1) is 13.4. The van der Waals surface area contributed by atoms with E-state index in [1.807, 2.05) is 0 Å². The maximum absolute atomic E-state index is 12.9. The average molecular weight is 392 g/mol. The SMILES string of the molecule is CC(C)C1CCN(C(=O)C2CCN(CCC3CCN(C(C)C)CC3)CC2)CC1. The Morgan fingerprint density at radius 2 is 1.43 bits per heavy atom. The van der Waals surface area contributed by atoms with Crippen molar-refractivity contribution in [2.75, 3.05) is 45.8 Å². The number of amides is 1. The van der Waals surface area contributed by atoms with Gasteiger partial charge in [-0.25, -0.2) is 0 Å². The fraction of sp³-hybridized carbons (Fsp3) is 0.958. The topological polar surface area (TPSA) is 26.8 Å². The van der Waals surface area contributed by atoms with Crippen molar-refractivity contribution in [2.24, 2.45) is 23.7 Å². The van der Waals surface area contributed by atoms with Gasteiger partial charge in [0.15, 0.2) is 0 Å². The molecule has 28 heavy (non-hydrogen) atoms. The summed E-state index contributed by atoms with van der Waals surface area (Å²) in [5.41, 5.74) is 0. The zero-order valence-electron chi connectivity index (χ0n) is 19.0. The van der Waals surface area contributed by atoms with Crippen molar-refractivity contribution in [1.29, 1.82) is 0 Å². The van der Waals surface area contributed by atoms with Crippen LogP contribution in [0.3, 0.4) is 0 Å². The van der Waals surface area contributed by atoms with Crippen LogP contribution in [0.25, 0.3) is 0 Å². The van der Waals surface area contributed by atoms with Crippen molar-refractivity contribution in [1.82, 2.24) is 14.7 Å². The third kappa shape index (κ3) is 5.95. The molecule has 0 spiro atoms. The molecule has 3 aliphatic heterocycles. The van der Waals surface area contributed by atoms with E-state index in [4.69, 9.17) is 0 Å². The minimum Gasteiger partial charge on any atom is -0.342 e. The summed E-state index contributed by atoms with van der Waals surface area (Å²) in [7, 11) is 0. The van der Waals surface area contributed by atoms with Gasteiger partial charge in [0, 0.05) is 25.0 Å². The average Bonchev–Trinajstić information content (AvgIpc) is 2.72. The normalized spacial score (nSPS) is 25.1. The lowest BCUT2D eigenvalue weighted by Gasteiger charge is -2.39. The summed E-state index contributed by atoms with van der Waals surface area (Å²) in [6.07, 6.45) is 8.67. The molecule has 3 heterocycles. The lowest BCUT2D eigenvalue weighted by molar-refractivity contribution is -0.138. The van der Waals surface area contributed by atoms with Crippen LogP contribution in [-0.4, -0.2) is 72.5 Å². The molecule has 0 aliphatic carbocycles. The van der Waals surface area contributed by atoms with E-state index in [2.05, 4.69) is 42.4 Å². The molecule has 1 amide bonds. The Bertz CT molecular complexity index is 468. The summed E-state index contributed by atoms with van der Waals surface area (Å²) in [6.45, 7) is 17.3. The van der Waals surface area contributed by atoms with Gasteiger partial charge in [0.05, 0.1) is 0 Å². The first-order valence-electron chi connectivity index (χ1n) is 12.2. The van der Waals surface area contributed by atoms with Gasteiger partial charge in [-0.2, -0.15) is 0 Å². The standard InChI is InChI=1S/C24H45N3O/c1-19(2)22-10-17-27(18-11-22)24(28)23-8-13-25(14-9-23)12-5-21-6-15-26(16-7-21)20(3)4/h19-23H,5-18H2,1-4H3. The molecule has 3 fully saturated rings. The second kappa shape index (κ2) is 10.4. The van der Waals surface area contributed by atoms with Crippen LogP contribution in [-0.2, 0) is 4.79 Å². The van der Waals surface area contributed by atoms with Gasteiger partial charge in [-0.15, -0.1) is 0 Å². The Balaban J connectivity index is 1.32. The van der Waals surface area contributed by atoms with Crippen LogP contribution in [0, 0.1) is 23.7 Å². The molecule has 0 aromatic heterocycles. The molecule has 0 radical (unpaired) electrons. The summed E-state index contributed by atoms with van der Waals surface area (Å²) in [4.78, 5) is 20.4. The smallest absolute Gasteiger partial charge is 0.225 e. The number of hydrogen-bond acceptors (Lipinski definition) is 3. The molecule has 0 N–H and O–H groups in total. The van der Waals surface area contributed by atoms with E-state index in [-0.39, 0.29) is 0 Å². The first-order valence-corrected chi connectivity index (χ1v) is 12.2. The molecule has 4 heteroatoms. The van der Waals surface area contributed by atoms with Gasteiger partial charge >= 0.3 is 0 Å². The second-order valence-corrected chi connectivity index (χ2v) is 10.4. The Morgan fingerprint density at radius 1 is 0.821 bits per heavy atom. The Morgan fingerprint density at radius 3 is 1.96 bits per heavy atom. The molecule has 0 saturated carbocycles. The number of hydrogen-bond donors (Lipinski definition) is 0. The number of carbonyl (C=O) groups is 1. The maximum Gasteiger partial charge on any atom is 0.225 e. The molecule has 0 aromatic carbocycles. The quantitative estimate of drug-likeness (QED) is 0.682. The minimum absolute atomic E-state index is 0.293. The van der Waals surface area contributed by atoms with Crippen LogP contribution in [0.15, 0.2) is 0 Å². The monoisotopic (exact) mass is 391 g/mol. The van der Waals surface area contributed by atoms with Gasteiger partial charge in [0.25, 0.3) is 0 Å². The van der Waals surface area contributed by atoms with Gasteiger partial charge in [-0.05, 0) is 109 Å². The van der Waals surface area contributed by atoms with Crippen LogP contribution < -0.4 is 0 Å². The van der Waals surface area contributed by atoms with Crippen molar-refractivity contribution in [3.05, 3.63) is 0 Å². The zero-order valence-corrected chi connectivity index (χ0v) is 19.0. The van der Waals surface area contributed by atoms with Crippen LogP contribution in [0.2, 0.25) is 0 Å². The van der Waals surface area contributed by atoms with Crippen molar-refractivity contribution in [3.8, 4) is 0 Å². The fourth-order valence-electron chi connectivity index (χ4n) is 5.57. The highest BCUT2D eigenvalue weighted by atomic mass is 16.2. The fourth-order valence-corrected chi connectivity index (χ4v) is 5.57. The van der Waals surface area contributed by atoms with Gasteiger partial charge in [-0.1, -0.05) is 13.8 Å². The lowest BCUT2D eigenvalue weighted by atomic mass is 9.85. The highest BCUT2D eigenvalue weighted by Gasteiger charge is 2.31. The van der Waals surface area contributed by atoms with E-state index < -0.39 is 0 Å². The number of rotatable bonds is 6. The first kappa shape index (κ1) is 22.1. The molecule has 3 rings (SSSR count). The predicted molar refractivity (Wildman–Crippen MR) is 117 cm³/mol. The highest BCUT2D eigenvalue weighted by Crippen LogP contribution is 2.28. The molecular weight excluding hydrogens is 346 g/mol. The van der Waals surface area contributed by atoms with Crippen LogP contribution in [0.4, 0.5) is 0 Å². The predicted octanol–water partition coefficient (Wildman–Crippen LogP) is 4.10. The second-order valence-electron chi connectivity index (χ2n) is 10.4. The number of likely N-dealkylation sites (tertiary alicyclic amines) is 3. The minimum atomic E-state index is 0.293. The molecule has 3 saturated heterocycles. The molecule has 3 aliphatic rings.